The van der Waals surface area contributed by atoms with E-state index in [1.165, 1.54) is 0 Å². The first kappa shape index (κ1) is 12.3. The topological polar surface area (TPSA) is 66.2 Å². The SMILES string of the molecule is COc1ccccc1-n1nc(-c2ccoc2C)cc1N. The van der Waals surface area contributed by atoms with Gasteiger partial charge in [0.2, 0.25) is 0 Å². The van der Waals surface area contributed by atoms with Crippen LogP contribution < -0.4 is 10.5 Å². The fourth-order valence-corrected chi connectivity index (χ4v) is 2.18. The normalized spacial score (nSPS) is 10.7. The van der Waals surface area contributed by atoms with E-state index >= 15 is 0 Å². The van der Waals surface area contributed by atoms with Gasteiger partial charge in [-0.2, -0.15) is 5.10 Å². The number of benzene rings is 1. The standard InChI is InChI=1S/C15H15N3O2/c1-10-11(7-8-20-10)12-9-15(16)18(17-12)13-5-3-4-6-14(13)19-2/h3-9H,16H2,1-2H3. The monoisotopic (exact) mass is 269 g/mol. The summed E-state index contributed by atoms with van der Waals surface area (Å²) in [4.78, 5) is 0. The van der Waals surface area contributed by atoms with Gasteiger partial charge >= 0.3 is 0 Å². The van der Waals surface area contributed by atoms with Gasteiger partial charge in [-0.1, -0.05) is 12.1 Å². The lowest BCUT2D eigenvalue weighted by Crippen LogP contribution is -2.03. The number of para-hydroxylation sites is 2. The second-order valence-corrected chi connectivity index (χ2v) is 4.43. The second kappa shape index (κ2) is 4.77. The molecule has 0 bridgehead atoms. The van der Waals surface area contributed by atoms with E-state index in [1.807, 2.05) is 43.3 Å². The van der Waals surface area contributed by atoms with Crippen LogP contribution in [-0.2, 0) is 0 Å². The highest BCUT2D eigenvalue weighted by atomic mass is 16.5. The van der Waals surface area contributed by atoms with E-state index in [9.17, 15) is 0 Å². The molecule has 0 aliphatic rings. The summed E-state index contributed by atoms with van der Waals surface area (Å²) < 4.78 is 12.3. The molecule has 2 N–H and O–H groups in total. The summed E-state index contributed by atoms with van der Waals surface area (Å²) in [7, 11) is 1.62. The summed E-state index contributed by atoms with van der Waals surface area (Å²) in [6.07, 6.45) is 1.64. The molecular weight excluding hydrogens is 254 g/mol. The van der Waals surface area contributed by atoms with Crippen molar-refractivity contribution in [2.45, 2.75) is 6.92 Å². The lowest BCUT2D eigenvalue weighted by Gasteiger charge is -2.09. The molecule has 3 rings (SSSR count). The van der Waals surface area contributed by atoms with Crippen molar-refractivity contribution in [1.29, 1.82) is 0 Å². The molecule has 0 aliphatic heterocycles. The molecule has 0 saturated carbocycles. The minimum atomic E-state index is 0.546. The number of hydrogen-bond acceptors (Lipinski definition) is 4. The highest BCUT2D eigenvalue weighted by molar-refractivity contribution is 5.66. The van der Waals surface area contributed by atoms with Crippen LogP contribution in [0.3, 0.4) is 0 Å². The van der Waals surface area contributed by atoms with Gasteiger partial charge in [0.25, 0.3) is 0 Å². The number of anilines is 1. The number of nitrogens with zero attached hydrogens (tertiary/aromatic N) is 2. The van der Waals surface area contributed by atoms with E-state index in [4.69, 9.17) is 14.9 Å². The van der Waals surface area contributed by atoms with Crippen molar-refractivity contribution in [3.8, 4) is 22.7 Å². The lowest BCUT2D eigenvalue weighted by atomic mass is 10.2. The third kappa shape index (κ3) is 1.93. The Bertz CT molecular complexity index is 743. The third-order valence-corrected chi connectivity index (χ3v) is 3.19. The van der Waals surface area contributed by atoms with Crippen molar-refractivity contribution in [3.05, 3.63) is 48.4 Å². The molecule has 0 saturated heterocycles. The van der Waals surface area contributed by atoms with E-state index in [2.05, 4.69) is 5.10 Å². The molecule has 0 aliphatic carbocycles. The zero-order valence-corrected chi connectivity index (χ0v) is 11.3. The summed E-state index contributed by atoms with van der Waals surface area (Å²) in [5.74, 6) is 2.08. The molecular formula is C15H15N3O2. The smallest absolute Gasteiger partial charge is 0.144 e. The van der Waals surface area contributed by atoms with Crippen LogP contribution in [0.4, 0.5) is 5.82 Å². The number of nitrogen functional groups attached to an aromatic ring is 1. The highest BCUT2D eigenvalue weighted by Gasteiger charge is 2.14. The summed E-state index contributed by atoms with van der Waals surface area (Å²) in [5.41, 5.74) is 8.59. The van der Waals surface area contributed by atoms with Gasteiger partial charge in [0.15, 0.2) is 0 Å². The van der Waals surface area contributed by atoms with Crippen LogP contribution in [0.25, 0.3) is 16.9 Å². The minimum Gasteiger partial charge on any atom is -0.494 e. The number of rotatable bonds is 3. The molecule has 0 spiro atoms. The average molecular weight is 269 g/mol. The maximum atomic E-state index is 6.07. The summed E-state index contributed by atoms with van der Waals surface area (Å²) >= 11 is 0. The van der Waals surface area contributed by atoms with Crippen molar-refractivity contribution >= 4 is 5.82 Å². The fraction of sp³-hybridized carbons (Fsp3) is 0.133. The Morgan fingerprint density at radius 3 is 2.75 bits per heavy atom. The van der Waals surface area contributed by atoms with Crippen LogP contribution in [-0.4, -0.2) is 16.9 Å². The van der Waals surface area contributed by atoms with Gasteiger partial charge in [-0.15, -0.1) is 0 Å². The van der Waals surface area contributed by atoms with Crippen LogP contribution in [0.15, 0.2) is 47.1 Å². The van der Waals surface area contributed by atoms with E-state index < -0.39 is 0 Å². The summed E-state index contributed by atoms with van der Waals surface area (Å²) in [5, 5.41) is 4.54. The fourth-order valence-electron chi connectivity index (χ4n) is 2.18. The maximum absolute atomic E-state index is 6.07. The van der Waals surface area contributed by atoms with Gasteiger partial charge in [-0.05, 0) is 25.1 Å². The number of aryl methyl sites for hydroxylation is 1. The summed E-state index contributed by atoms with van der Waals surface area (Å²) in [6.45, 7) is 1.90. The Balaban J connectivity index is 2.12. The molecule has 0 fully saturated rings. The Morgan fingerprint density at radius 2 is 2.05 bits per heavy atom. The molecule has 1 aromatic carbocycles. The van der Waals surface area contributed by atoms with Gasteiger partial charge in [0, 0.05) is 11.6 Å². The van der Waals surface area contributed by atoms with E-state index in [1.54, 1.807) is 18.1 Å². The molecule has 3 aromatic rings. The van der Waals surface area contributed by atoms with Crippen LogP contribution in [0.2, 0.25) is 0 Å². The van der Waals surface area contributed by atoms with Crippen LogP contribution in [0.1, 0.15) is 5.76 Å². The highest BCUT2D eigenvalue weighted by Crippen LogP contribution is 2.29. The van der Waals surface area contributed by atoms with Gasteiger partial charge in [0.1, 0.15) is 23.0 Å². The molecule has 2 heterocycles. The van der Waals surface area contributed by atoms with E-state index in [0.29, 0.717) is 5.82 Å². The quantitative estimate of drug-likeness (QED) is 0.793. The zero-order chi connectivity index (χ0) is 14.1. The van der Waals surface area contributed by atoms with Crippen molar-refractivity contribution in [2.75, 3.05) is 12.8 Å². The first-order valence-corrected chi connectivity index (χ1v) is 6.24. The molecule has 0 atom stereocenters. The van der Waals surface area contributed by atoms with Gasteiger partial charge in [0.05, 0.1) is 19.1 Å². The Kier molecular flexibility index (Phi) is 2.95. The van der Waals surface area contributed by atoms with Crippen molar-refractivity contribution in [1.82, 2.24) is 9.78 Å². The Morgan fingerprint density at radius 1 is 1.25 bits per heavy atom. The number of aromatic nitrogens is 2. The van der Waals surface area contributed by atoms with Gasteiger partial charge < -0.3 is 14.9 Å². The molecule has 0 radical (unpaired) electrons. The molecule has 5 heteroatoms. The van der Waals surface area contributed by atoms with Crippen LogP contribution in [0.5, 0.6) is 5.75 Å². The number of hydrogen-bond donors (Lipinski definition) is 1. The number of nitrogens with two attached hydrogens (primary N) is 1. The Hall–Kier alpha value is -2.69. The average Bonchev–Trinajstić information content (AvgIpc) is 3.04. The first-order valence-electron chi connectivity index (χ1n) is 6.24. The van der Waals surface area contributed by atoms with Crippen LogP contribution in [0, 0.1) is 6.92 Å². The Labute approximate surface area is 116 Å². The van der Waals surface area contributed by atoms with Crippen LogP contribution >= 0.6 is 0 Å². The van der Waals surface area contributed by atoms with Crippen molar-refractivity contribution < 1.29 is 9.15 Å². The van der Waals surface area contributed by atoms with Crippen molar-refractivity contribution in [3.63, 3.8) is 0 Å². The maximum Gasteiger partial charge on any atom is 0.144 e. The number of ether oxygens (including phenoxy) is 1. The number of methoxy groups -OCH3 is 1. The van der Waals surface area contributed by atoms with E-state index in [0.717, 1.165) is 28.5 Å². The molecule has 2 aromatic heterocycles. The second-order valence-electron chi connectivity index (χ2n) is 4.43. The largest absolute Gasteiger partial charge is 0.494 e. The third-order valence-electron chi connectivity index (χ3n) is 3.19. The number of furan rings is 1. The van der Waals surface area contributed by atoms with E-state index in [-0.39, 0.29) is 0 Å². The molecule has 20 heavy (non-hydrogen) atoms. The summed E-state index contributed by atoms with van der Waals surface area (Å²) in [6, 6.07) is 11.3. The van der Waals surface area contributed by atoms with Gasteiger partial charge in [-0.25, -0.2) is 4.68 Å². The molecule has 0 unspecified atom stereocenters. The first-order chi connectivity index (χ1) is 9.70. The predicted octanol–water partition coefficient (Wildman–Crippen LogP) is 3.03. The molecule has 0 amide bonds. The molecule has 102 valence electrons. The molecule has 5 nitrogen and oxygen atoms in total. The van der Waals surface area contributed by atoms with Gasteiger partial charge in [-0.3, -0.25) is 0 Å². The predicted molar refractivity (Wildman–Crippen MR) is 77.0 cm³/mol. The van der Waals surface area contributed by atoms with Crippen molar-refractivity contribution in [2.24, 2.45) is 0 Å². The lowest BCUT2D eigenvalue weighted by molar-refractivity contribution is 0.412. The minimum absolute atomic E-state index is 0.546. The zero-order valence-electron chi connectivity index (χ0n) is 11.3.